The van der Waals surface area contributed by atoms with Crippen LogP contribution in [-0.2, 0) is 4.79 Å². The molecule has 2 aromatic rings. The van der Waals surface area contributed by atoms with Gasteiger partial charge in [-0.25, -0.2) is 4.79 Å². The minimum absolute atomic E-state index is 0.172. The highest BCUT2D eigenvalue weighted by Gasteiger charge is 1.98. The van der Waals surface area contributed by atoms with E-state index in [1.54, 1.807) is 36.4 Å². The third kappa shape index (κ3) is 3.89. The molecule has 0 radical (unpaired) electrons. The van der Waals surface area contributed by atoms with Crippen LogP contribution in [0.5, 0.6) is 17.2 Å². The van der Waals surface area contributed by atoms with Gasteiger partial charge in [0.1, 0.15) is 17.2 Å². The summed E-state index contributed by atoms with van der Waals surface area (Å²) in [5.74, 6) is 0.366. The average molecular weight is 256 g/mol. The lowest BCUT2D eigenvalue weighted by Crippen LogP contribution is -1.87. The summed E-state index contributed by atoms with van der Waals surface area (Å²) in [6, 6.07) is 13.4. The number of aromatic hydroxyl groups is 1. The molecule has 0 heterocycles. The lowest BCUT2D eigenvalue weighted by Gasteiger charge is -2.06. The molecule has 0 aromatic heterocycles. The number of rotatable bonds is 4. The number of hydrogen-bond donors (Lipinski definition) is 2. The standard InChI is InChI=1S/C15H12O4/c16-12-5-7-13(8-6-12)19-14-3-1-2-11(10-14)4-9-15(17)18/h1-10,16H,(H,17,18)/b9-4+. The minimum atomic E-state index is -0.996. The first kappa shape index (κ1) is 12.7. The van der Waals surface area contributed by atoms with E-state index in [4.69, 9.17) is 14.9 Å². The highest BCUT2D eigenvalue weighted by atomic mass is 16.5. The van der Waals surface area contributed by atoms with E-state index in [1.807, 2.05) is 0 Å². The molecule has 0 unspecified atom stereocenters. The summed E-state index contributed by atoms with van der Waals surface area (Å²) in [4.78, 5) is 10.4. The van der Waals surface area contributed by atoms with Gasteiger partial charge in [-0.15, -0.1) is 0 Å². The van der Waals surface area contributed by atoms with Crippen molar-refractivity contribution in [1.29, 1.82) is 0 Å². The van der Waals surface area contributed by atoms with Gasteiger partial charge in [-0.05, 0) is 48.0 Å². The van der Waals surface area contributed by atoms with Gasteiger partial charge in [0.05, 0.1) is 0 Å². The molecular weight excluding hydrogens is 244 g/mol. The molecule has 0 amide bonds. The summed E-state index contributed by atoms with van der Waals surface area (Å²) in [7, 11) is 0. The summed E-state index contributed by atoms with van der Waals surface area (Å²) >= 11 is 0. The average Bonchev–Trinajstić information content (AvgIpc) is 2.40. The van der Waals surface area contributed by atoms with Crippen molar-refractivity contribution >= 4 is 12.0 Å². The van der Waals surface area contributed by atoms with E-state index in [0.717, 1.165) is 11.6 Å². The summed E-state index contributed by atoms with van der Waals surface area (Å²) in [6.07, 6.45) is 2.56. The zero-order valence-corrected chi connectivity index (χ0v) is 9.98. The van der Waals surface area contributed by atoms with E-state index < -0.39 is 5.97 Å². The maximum absolute atomic E-state index is 10.4. The number of ether oxygens (including phenoxy) is 1. The van der Waals surface area contributed by atoms with Crippen molar-refractivity contribution in [2.75, 3.05) is 0 Å². The van der Waals surface area contributed by atoms with Crippen LogP contribution in [0.3, 0.4) is 0 Å². The van der Waals surface area contributed by atoms with Gasteiger partial charge in [-0.3, -0.25) is 0 Å². The fourth-order valence-electron chi connectivity index (χ4n) is 1.50. The van der Waals surface area contributed by atoms with Gasteiger partial charge in [0.15, 0.2) is 0 Å². The van der Waals surface area contributed by atoms with E-state index >= 15 is 0 Å². The van der Waals surface area contributed by atoms with Crippen LogP contribution in [0.1, 0.15) is 5.56 Å². The summed E-state index contributed by atoms with van der Waals surface area (Å²) in [5.41, 5.74) is 0.735. The van der Waals surface area contributed by atoms with Gasteiger partial charge in [0.2, 0.25) is 0 Å². The van der Waals surface area contributed by atoms with Crippen LogP contribution in [0.2, 0.25) is 0 Å². The van der Waals surface area contributed by atoms with Crippen molar-refractivity contribution in [3.63, 3.8) is 0 Å². The molecule has 0 spiro atoms. The zero-order valence-electron chi connectivity index (χ0n) is 9.98. The van der Waals surface area contributed by atoms with E-state index in [0.29, 0.717) is 11.5 Å². The molecule has 2 N–H and O–H groups in total. The van der Waals surface area contributed by atoms with E-state index in [1.165, 1.54) is 18.2 Å². The summed E-state index contributed by atoms with van der Waals surface area (Å²) < 4.78 is 5.59. The van der Waals surface area contributed by atoms with Crippen molar-refractivity contribution in [3.8, 4) is 17.2 Å². The maximum atomic E-state index is 10.4. The first-order chi connectivity index (χ1) is 9.13. The molecule has 19 heavy (non-hydrogen) atoms. The number of carbonyl (C=O) groups is 1. The van der Waals surface area contributed by atoms with E-state index in [9.17, 15) is 4.79 Å². The fraction of sp³-hybridized carbons (Fsp3) is 0. The van der Waals surface area contributed by atoms with Gasteiger partial charge >= 0.3 is 5.97 Å². The van der Waals surface area contributed by atoms with E-state index in [-0.39, 0.29) is 5.75 Å². The summed E-state index contributed by atoms with van der Waals surface area (Å²) in [6.45, 7) is 0. The third-order valence-corrected chi connectivity index (χ3v) is 2.35. The molecule has 0 fully saturated rings. The Hall–Kier alpha value is -2.75. The Bertz CT molecular complexity index is 600. The molecule has 0 atom stereocenters. The molecule has 4 nitrogen and oxygen atoms in total. The topological polar surface area (TPSA) is 66.8 Å². The largest absolute Gasteiger partial charge is 0.508 e. The number of phenolic OH excluding ortho intramolecular Hbond substituents is 1. The Morgan fingerprint density at radius 1 is 1.05 bits per heavy atom. The normalized spacial score (nSPS) is 10.5. The minimum Gasteiger partial charge on any atom is -0.508 e. The first-order valence-electron chi connectivity index (χ1n) is 5.61. The third-order valence-electron chi connectivity index (χ3n) is 2.35. The van der Waals surface area contributed by atoms with Gasteiger partial charge in [0.25, 0.3) is 0 Å². The highest BCUT2D eigenvalue weighted by molar-refractivity contribution is 5.85. The lowest BCUT2D eigenvalue weighted by molar-refractivity contribution is -0.131. The number of benzene rings is 2. The molecule has 96 valence electrons. The predicted octanol–water partition coefficient (Wildman–Crippen LogP) is 3.28. The van der Waals surface area contributed by atoms with Gasteiger partial charge in [-0.1, -0.05) is 12.1 Å². The Labute approximate surface area is 110 Å². The van der Waals surface area contributed by atoms with Gasteiger partial charge in [-0.2, -0.15) is 0 Å². The van der Waals surface area contributed by atoms with Gasteiger partial charge in [0, 0.05) is 6.08 Å². The molecule has 0 saturated heterocycles. The molecule has 0 aliphatic heterocycles. The van der Waals surface area contributed by atoms with Crippen LogP contribution in [0.25, 0.3) is 6.08 Å². The summed E-state index contributed by atoms with van der Waals surface area (Å²) in [5, 5.41) is 17.7. The van der Waals surface area contributed by atoms with Crippen LogP contribution >= 0.6 is 0 Å². The van der Waals surface area contributed by atoms with Crippen molar-refractivity contribution in [3.05, 3.63) is 60.2 Å². The molecule has 2 rings (SSSR count). The quantitative estimate of drug-likeness (QED) is 0.824. The molecule has 0 bridgehead atoms. The Morgan fingerprint density at radius 2 is 1.79 bits per heavy atom. The van der Waals surface area contributed by atoms with Crippen molar-refractivity contribution in [1.82, 2.24) is 0 Å². The maximum Gasteiger partial charge on any atom is 0.328 e. The second kappa shape index (κ2) is 5.73. The zero-order chi connectivity index (χ0) is 13.7. The number of carboxylic acid groups (broad SMARTS) is 1. The Morgan fingerprint density at radius 3 is 2.47 bits per heavy atom. The molecule has 0 aliphatic rings. The van der Waals surface area contributed by atoms with Crippen molar-refractivity contribution in [2.45, 2.75) is 0 Å². The highest BCUT2D eigenvalue weighted by Crippen LogP contribution is 2.24. The second-order valence-corrected chi connectivity index (χ2v) is 3.84. The number of aliphatic carboxylic acids is 1. The van der Waals surface area contributed by atoms with Crippen LogP contribution in [0.15, 0.2) is 54.6 Å². The Kier molecular flexibility index (Phi) is 3.83. The van der Waals surface area contributed by atoms with Crippen LogP contribution in [-0.4, -0.2) is 16.2 Å². The molecule has 4 heteroatoms. The predicted molar refractivity (Wildman–Crippen MR) is 71.3 cm³/mol. The second-order valence-electron chi connectivity index (χ2n) is 3.84. The molecule has 2 aromatic carbocycles. The molecule has 0 saturated carbocycles. The van der Waals surface area contributed by atoms with Crippen molar-refractivity contribution in [2.24, 2.45) is 0 Å². The number of hydrogen-bond acceptors (Lipinski definition) is 3. The van der Waals surface area contributed by atoms with Crippen LogP contribution in [0.4, 0.5) is 0 Å². The number of carboxylic acids is 1. The number of phenols is 1. The van der Waals surface area contributed by atoms with Gasteiger partial charge < -0.3 is 14.9 Å². The lowest BCUT2D eigenvalue weighted by atomic mass is 10.2. The Balaban J connectivity index is 2.15. The van der Waals surface area contributed by atoms with Crippen LogP contribution in [0, 0.1) is 0 Å². The molecular formula is C15H12O4. The fourth-order valence-corrected chi connectivity index (χ4v) is 1.50. The van der Waals surface area contributed by atoms with Crippen LogP contribution < -0.4 is 4.74 Å². The SMILES string of the molecule is O=C(O)/C=C/c1cccc(Oc2ccc(O)cc2)c1. The first-order valence-corrected chi connectivity index (χ1v) is 5.61. The smallest absolute Gasteiger partial charge is 0.328 e. The van der Waals surface area contributed by atoms with E-state index in [2.05, 4.69) is 0 Å². The van der Waals surface area contributed by atoms with Crippen molar-refractivity contribution < 1.29 is 19.7 Å². The monoisotopic (exact) mass is 256 g/mol. The molecule has 0 aliphatic carbocycles.